The van der Waals surface area contributed by atoms with Crippen molar-refractivity contribution in [2.45, 2.75) is 18.4 Å². The Hall–Kier alpha value is -3.25. The standard InChI is InChI=1S/C14H8F6N6O/c15-13(16,17)9(8-3-1-2-4-21-8)24-12-22-5-7(6-23-12)10-25-11(27-26-10)14(18,19)20/h1-6,9H,(H,22,23,24). The molecule has 0 aliphatic carbocycles. The largest absolute Gasteiger partial charge is 0.471 e. The van der Waals surface area contributed by atoms with E-state index in [1.54, 1.807) is 0 Å². The molecule has 0 aliphatic heterocycles. The summed E-state index contributed by atoms with van der Waals surface area (Å²) in [5.41, 5.74) is -0.369. The van der Waals surface area contributed by atoms with Crippen LogP contribution in [0.25, 0.3) is 11.4 Å². The first-order valence-corrected chi connectivity index (χ1v) is 7.12. The molecule has 0 aromatic carbocycles. The van der Waals surface area contributed by atoms with Crippen molar-refractivity contribution < 1.29 is 30.9 Å². The molecule has 27 heavy (non-hydrogen) atoms. The normalized spacial score (nSPS) is 13.4. The van der Waals surface area contributed by atoms with Crippen LogP contribution in [0.1, 0.15) is 17.6 Å². The van der Waals surface area contributed by atoms with Gasteiger partial charge >= 0.3 is 18.2 Å². The van der Waals surface area contributed by atoms with Gasteiger partial charge < -0.3 is 9.84 Å². The smallest absolute Gasteiger partial charge is 0.338 e. The molecule has 0 aliphatic rings. The van der Waals surface area contributed by atoms with Crippen LogP contribution in [0.15, 0.2) is 41.3 Å². The molecule has 0 saturated heterocycles. The third kappa shape index (κ3) is 4.30. The molecule has 0 saturated carbocycles. The van der Waals surface area contributed by atoms with E-state index < -0.39 is 36.1 Å². The fourth-order valence-corrected chi connectivity index (χ4v) is 1.97. The molecule has 13 heteroatoms. The van der Waals surface area contributed by atoms with E-state index in [2.05, 4.69) is 34.9 Å². The molecule has 142 valence electrons. The maximum absolute atomic E-state index is 13.3. The zero-order valence-electron chi connectivity index (χ0n) is 13.0. The third-order valence-corrected chi connectivity index (χ3v) is 3.16. The molecule has 0 radical (unpaired) electrons. The van der Waals surface area contributed by atoms with Crippen LogP contribution < -0.4 is 5.32 Å². The number of pyridine rings is 1. The van der Waals surface area contributed by atoms with Gasteiger partial charge in [-0.3, -0.25) is 4.98 Å². The average Bonchev–Trinajstić information content (AvgIpc) is 3.10. The molecule has 0 fully saturated rings. The Morgan fingerprint density at radius 1 is 0.963 bits per heavy atom. The number of alkyl halides is 6. The zero-order chi connectivity index (χ0) is 19.7. The molecular formula is C14H8F6N6O. The molecule has 7 nitrogen and oxygen atoms in total. The van der Waals surface area contributed by atoms with Crippen LogP contribution >= 0.6 is 0 Å². The summed E-state index contributed by atoms with van der Waals surface area (Å²) in [4.78, 5) is 14.1. The first-order chi connectivity index (χ1) is 12.6. The van der Waals surface area contributed by atoms with E-state index in [1.165, 1.54) is 24.4 Å². The molecule has 3 heterocycles. The van der Waals surface area contributed by atoms with Crippen LogP contribution in [0.3, 0.4) is 0 Å². The number of anilines is 1. The third-order valence-electron chi connectivity index (χ3n) is 3.16. The number of nitrogens with one attached hydrogen (secondary N) is 1. The first kappa shape index (κ1) is 18.5. The summed E-state index contributed by atoms with van der Waals surface area (Å²) in [5, 5.41) is 5.22. The van der Waals surface area contributed by atoms with Crippen LogP contribution in [-0.2, 0) is 6.18 Å². The lowest BCUT2D eigenvalue weighted by Gasteiger charge is -2.20. The van der Waals surface area contributed by atoms with E-state index in [1.807, 2.05) is 0 Å². The molecule has 3 aromatic heterocycles. The molecule has 0 amide bonds. The van der Waals surface area contributed by atoms with Gasteiger partial charge in [0, 0.05) is 18.6 Å². The number of rotatable bonds is 4. The lowest BCUT2D eigenvalue weighted by molar-refractivity contribution is -0.159. The molecule has 1 N–H and O–H groups in total. The van der Waals surface area contributed by atoms with Crippen LogP contribution in [0.4, 0.5) is 32.3 Å². The first-order valence-electron chi connectivity index (χ1n) is 7.12. The highest BCUT2D eigenvalue weighted by atomic mass is 19.4. The van der Waals surface area contributed by atoms with Crippen molar-refractivity contribution in [1.82, 2.24) is 25.1 Å². The second-order valence-corrected chi connectivity index (χ2v) is 5.09. The lowest BCUT2D eigenvalue weighted by atomic mass is 10.2. The van der Waals surface area contributed by atoms with Crippen LogP contribution in [0.2, 0.25) is 0 Å². The Morgan fingerprint density at radius 2 is 1.67 bits per heavy atom. The average molecular weight is 390 g/mol. The zero-order valence-corrected chi connectivity index (χ0v) is 13.0. The number of nitrogens with zero attached hydrogens (tertiary/aromatic N) is 5. The van der Waals surface area contributed by atoms with Gasteiger partial charge in [0.2, 0.25) is 11.8 Å². The van der Waals surface area contributed by atoms with E-state index >= 15 is 0 Å². The van der Waals surface area contributed by atoms with Crippen LogP contribution in [0, 0.1) is 0 Å². The van der Waals surface area contributed by atoms with Gasteiger partial charge in [-0.1, -0.05) is 11.2 Å². The minimum absolute atomic E-state index is 0.0683. The lowest BCUT2D eigenvalue weighted by Crippen LogP contribution is -2.29. The second-order valence-electron chi connectivity index (χ2n) is 5.09. The molecule has 1 unspecified atom stereocenters. The highest BCUT2D eigenvalue weighted by molar-refractivity contribution is 5.52. The molecule has 3 aromatic rings. The van der Waals surface area contributed by atoms with Crippen LogP contribution in [-0.4, -0.2) is 31.3 Å². The van der Waals surface area contributed by atoms with Crippen molar-refractivity contribution in [3.8, 4) is 11.4 Å². The molecule has 0 bridgehead atoms. The van der Waals surface area contributed by atoms with Gasteiger partial charge in [-0.2, -0.15) is 31.3 Å². The van der Waals surface area contributed by atoms with E-state index in [0.29, 0.717) is 0 Å². The Labute approximate surface area is 146 Å². The van der Waals surface area contributed by atoms with E-state index in [9.17, 15) is 26.3 Å². The van der Waals surface area contributed by atoms with Crippen molar-refractivity contribution in [2.75, 3.05) is 5.32 Å². The van der Waals surface area contributed by atoms with Gasteiger partial charge in [0.05, 0.1) is 11.3 Å². The Morgan fingerprint density at radius 3 is 2.19 bits per heavy atom. The van der Waals surface area contributed by atoms with Crippen molar-refractivity contribution in [2.24, 2.45) is 0 Å². The summed E-state index contributed by atoms with van der Waals surface area (Å²) >= 11 is 0. The summed E-state index contributed by atoms with van der Waals surface area (Å²) in [6.07, 6.45) is -6.38. The molecular weight excluding hydrogens is 382 g/mol. The summed E-state index contributed by atoms with van der Waals surface area (Å²) in [6.45, 7) is 0. The summed E-state index contributed by atoms with van der Waals surface area (Å²) < 4.78 is 81.2. The van der Waals surface area contributed by atoms with Gasteiger partial charge in [0.15, 0.2) is 6.04 Å². The number of aromatic nitrogens is 5. The summed E-state index contributed by atoms with van der Waals surface area (Å²) in [6, 6.07) is 1.85. The van der Waals surface area contributed by atoms with Crippen molar-refractivity contribution >= 4 is 5.95 Å². The predicted molar refractivity (Wildman–Crippen MR) is 77.0 cm³/mol. The molecule has 1 atom stereocenters. The quantitative estimate of drug-likeness (QED) is 0.680. The number of halogens is 6. The minimum Gasteiger partial charge on any atom is -0.338 e. The SMILES string of the molecule is FC(F)(F)c1nc(-c2cnc(NC(c3ccccn3)C(F)(F)F)nc2)no1. The van der Waals surface area contributed by atoms with E-state index in [0.717, 1.165) is 12.4 Å². The maximum atomic E-state index is 13.3. The topological polar surface area (TPSA) is 89.6 Å². The van der Waals surface area contributed by atoms with Gasteiger partial charge in [-0.25, -0.2) is 9.97 Å². The number of hydrogen-bond donors (Lipinski definition) is 1. The Kier molecular flexibility index (Phi) is 4.68. The van der Waals surface area contributed by atoms with Gasteiger partial charge in [-0.05, 0) is 12.1 Å². The molecule has 0 spiro atoms. The number of hydrogen-bond acceptors (Lipinski definition) is 7. The van der Waals surface area contributed by atoms with Crippen molar-refractivity contribution in [3.63, 3.8) is 0 Å². The highest BCUT2D eigenvalue weighted by Crippen LogP contribution is 2.34. The highest BCUT2D eigenvalue weighted by Gasteiger charge is 2.42. The fourth-order valence-electron chi connectivity index (χ4n) is 1.97. The maximum Gasteiger partial charge on any atom is 0.471 e. The van der Waals surface area contributed by atoms with Crippen molar-refractivity contribution in [1.29, 1.82) is 0 Å². The Balaban J connectivity index is 1.81. The van der Waals surface area contributed by atoms with Crippen LogP contribution in [0.5, 0.6) is 0 Å². The monoisotopic (exact) mass is 390 g/mol. The van der Waals surface area contributed by atoms with Gasteiger partial charge in [0.1, 0.15) is 0 Å². The van der Waals surface area contributed by atoms with Gasteiger partial charge in [-0.15, -0.1) is 0 Å². The minimum atomic E-state index is -4.82. The van der Waals surface area contributed by atoms with Gasteiger partial charge in [0.25, 0.3) is 0 Å². The Bertz CT molecular complexity index is 893. The van der Waals surface area contributed by atoms with E-state index in [4.69, 9.17) is 0 Å². The fraction of sp³-hybridized carbons (Fsp3) is 0.214. The van der Waals surface area contributed by atoms with Crippen molar-refractivity contribution in [3.05, 3.63) is 48.4 Å². The van der Waals surface area contributed by atoms with E-state index in [-0.39, 0.29) is 11.3 Å². The second kappa shape index (κ2) is 6.81. The summed E-state index contributed by atoms with van der Waals surface area (Å²) in [5.74, 6) is -2.43. The summed E-state index contributed by atoms with van der Waals surface area (Å²) in [7, 11) is 0. The molecule has 3 rings (SSSR count). The predicted octanol–water partition coefficient (Wildman–Crippen LogP) is 3.66.